The summed E-state index contributed by atoms with van der Waals surface area (Å²) >= 11 is 0. The van der Waals surface area contributed by atoms with E-state index in [9.17, 15) is 0 Å². The highest BCUT2D eigenvalue weighted by atomic mass is 28.1. The highest BCUT2D eigenvalue weighted by molar-refractivity contribution is 6.11. The molecule has 0 fully saturated rings. The lowest BCUT2D eigenvalue weighted by Gasteiger charge is -1.88. The molecule has 1 unspecified atom stereocenters. The Morgan fingerprint density at radius 3 is 2.43 bits per heavy atom. The van der Waals surface area contributed by atoms with E-state index in [-0.39, 0.29) is 12.3 Å². The van der Waals surface area contributed by atoms with Gasteiger partial charge < -0.3 is 10.2 Å². The van der Waals surface area contributed by atoms with Crippen molar-refractivity contribution in [2.45, 2.75) is 5.73 Å². The van der Waals surface area contributed by atoms with E-state index in [4.69, 9.17) is 10.2 Å². The Balaban J connectivity index is 3.08. The molecule has 0 spiro atoms. The van der Waals surface area contributed by atoms with Gasteiger partial charge in [-0.25, -0.2) is 0 Å². The molecule has 2 nitrogen and oxygen atoms in total. The maximum Gasteiger partial charge on any atom is 0.0613 e. The van der Waals surface area contributed by atoms with Gasteiger partial charge in [0.1, 0.15) is 0 Å². The van der Waals surface area contributed by atoms with Crippen LogP contribution in [-0.2, 0) is 0 Å². The molecule has 0 aliphatic carbocycles. The first-order chi connectivity index (χ1) is 3.27. The van der Waals surface area contributed by atoms with Gasteiger partial charge in [0.15, 0.2) is 0 Å². The third-order valence-electron chi connectivity index (χ3n) is 0.520. The second kappa shape index (κ2) is 4.05. The molecule has 0 saturated heterocycles. The van der Waals surface area contributed by atoms with Gasteiger partial charge in [0.25, 0.3) is 0 Å². The Hall–Kier alpha value is -0.123. The minimum absolute atomic E-state index is 0.0271. The lowest BCUT2D eigenvalue weighted by Crippen LogP contribution is -1.99. The molecule has 0 aromatic heterocycles. The van der Waals surface area contributed by atoms with Gasteiger partial charge in [-0.3, -0.25) is 0 Å². The highest BCUT2D eigenvalue weighted by Gasteiger charge is 1.80. The molecular weight excluding hydrogens is 108 g/mol. The van der Waals surface area contributed by atoms with Gasteiger partial charge in [-0.1, -0.05) is 12.2 Å². The summed E-state index contributed by atoms with van der Waals surface area (Å²) in [5, 5.41) is 16.7. The first-order valence-corrected chi connectivity index (χ1v) is 3.38. The van der Waals surface area contributed by atoms with Crippen molar-refractivity contribution in [3.8, 4) is 0 Å². The zero-order valence-corrected chi connectivity index (χ0v) is 6.33. The van der Waals surface area contributed by atoms with Gasteiger partial charge >= 0.3 is 0 Å². The van der Waals surface area contributed by atoms with Gasteiger partial charge in [-0.2, -0.15) is 0 Å². The van der Waals surface area contributed by atoms with Crippen LogP contribution in [0.2, 0.25) is 0 Å². The quantitative estimate of drug-likeness (QED) is 0.332. The minimum Gasteiger partial charge on any atom is -0.394 e. The monoisotopic (exact) mass is 118 g/mol. The molecule has 1 atom stereocenters. The molecular formula is C4H10O2Si. The van der Waals surface area contributed by atoms with Crippen molar-refractivity contribution >= 4 is 10.2 Å². The van der Waals surface area contributed by atoms with Crippen LogP contribution < -0.4 is 0 Å². The van der Waals surface area contributed by atoms with E-state index in [1.807, 2.05) is 0 Å². The second-order valence-corrected chi connectivity index (χ2v) is 2.53. The average molecular weight is 118 g/mol. The predicted octanol–water partition coefficient (Wildman–Crippen LogP) is -1.78. The number of hydrogen-bond acceptors (Lipinski definition) is 2. The fourth-order valence-corrected chi connectivity index (χ4v) is 0.530. The fourth-order valence-electron chi connectivity index (χ4n) is 0.258. The number of hydrogen-bond donors (Lipinski definition) is 2. The van der Waals surface area contributed by atoms with E-state index in [1.165, 1.54) is 6.08 Å². The molecule has 0 aromatic carbocycles. The predicted molar refractivity (Wildman–Crippen MR) is 32.2 cm³/mol. The van der Waals surface area contributed by atoms with Crippen molar-refractivity contribution in [1.82, 2.24) is 0 Å². The average Bonchev–Trinajstić information content (AvgIpc) is 1.61. The summed E-state index contributed by atoms with van der Waals surface area (Å²) in [6.07, 6.45) is 3.13. The van der Waals surface area contributed by atoms with Crippen molar-refractivity contribution in [2.24, 2.45) is 0 Å². The van der Waals surface area contributed by atoms with Crippen LogP contribution in [0.4, 0.5) is 0 Å². The van der Waals surface area contributed by atoms with Gasteiger partial charge in [-0.15, -0.1) is 0 Å². The minimum atomic E-state index is -0.299. The molecule has 0 aliphatic rings. The largest absolute Gasteiger partial charge is 0.394 e. The molecule has 0 bridgehead atoms. The molecule has 0 aliphatic heterocycles. The fraction of sp³-hybridized carbons (Fsp3) is 0.500. The molecule has 42 valence electrons. The van der Waals surface area contributed by atoms with Crippen molar-refractivity contribution in [2.75, 3.05) is 6.61 Å². The van der Waals surface area contributed by atoms with E-state index in [2.05, 4.69) is 0 Å². The van der Waals surface area contributed by atoms with Crippen molar-refractivity contribution in [1.29, 1.82) is 0 Å². The van der Waals surface area contributed by atoms with Crippen LogP contribution in [-0.4, -0.2) is 32.8 Å². The van der Waals surface area contributed by atoms with E-state index in [0.29, 0.717) is 0 Å². The normalized spacial score (nSPS) is 15.7. The third kappa shape index (κ3) is 5.88. The van der Waals surface area contributed by atoms with Gasteiger partial charge in [0.2, 0.25) is 0 Å². The maximum absolute atomic E-state index is 8.55. The zero-order chi connectivity index (χ0) is 5.70. The van der Waals surface area contributed by atoms with Crippen LogP contribution in [0.15, 0.2) is 12.2 Å². The maximum atomic E-state index is 8.55. The van der Waals surface area contributed by atoms with Crippen LogP contribution in [0.3, 0.4) is 0 Å². The molecule has 0 saturated carbocycles. The molecule has 0 amide bonds. The van der Waals surface area contributed by atoms with Crippen LogP contribution in [0, 0.1) is 0 Å². The Morgan fingerprint density at radius 1 is 1.71 bits per heavy atom. The van der Waals surface area contributed by atoms with Crippen molar-refractivity contribution in [3.05, 3.63) is 12.2 Å². The Labute approximate surface area is 45.9 Å². The smallest absolute Gasteiger partial charge is 0.0613 e. The highest BCUT2D eigenvalue weighted by Crippen LogP contribution is 1.74. The summed E-state index contributed by atoms with van der Waals surface area (Å²) in [6.45, 7) is 0.0271. The molecule has 0 aromatic rings. The summed E-state index contributed by atoms with van der Waals surface area (Å²) in [6, 6.07) is 0. The summed E-state index contributed by atoms with van der Waals surface area (Å²) < 4.78 is 0. The van der Waals surface area contributed by atoms with Crippen LogP contribution in [0.5, 0.6) is 0 Å². The molecule has 0 heterocycles. The van der Waals surface area contributed by atoms with Crippen molar-refractivity contribution in [3.63, 3.8) is 0 Å². The lowest BCUT2D eigenvalue weighted by molar-refractivity contribution is 0.298. The topological polar surface area (TPSA) is 40.5 Å². The third-order valence-corrected chi connectivity index (χ3v) is 0.905. The standard InChI is InChI=1S/C4H10O2Si/c5-3-1-2-4(6)7/h1-2,4-6H,3H2,7H3. The first-order valence-electron chi connectivity index (χ1n) is 2.23. The van der Waals surface area contributed by atoms with Crippen LogP contribution in [0.1, 0.15) is 0 Å². The summed E-state index contributed by atoms with van der Waals surface area (Å²) in [7, 11) is 0.741. The second-order valence-electron chi connectivity index (χ2n) is 1.35. The van der Waals surface area contributed by atoms with Crippen molar-refractivity contribution < 1.29 is 10.2 Å². The lowest BCUT2D eigenvalue weighted by atomic mass is 10.5. The molecule has 3 heteroatoms. The SMILES string of the molecule is OCC=CC(O)[SiH3]. The number of aliphatic hydroxyl groups is 2. The molecule has 2 N–H and O–H groups in total. The van der Waals surface area contributed by atoms with Gasteiger partial charge in [-0.05, 0) is 0 Å². The molecule has 0 radical (unpaired) electrons. The van der Waals surface area contributed by atoms with E-state index in [1.54, 1.807) is 6.08 Å². The van der Waals surface area contributed by atoms with E-state index in [0.717, 1.165) is 10.2 Å². The number of rotatable bonds is 2. The van der Waals surface area contributed by atoms with E-state index >= 15 is 0 Å². The van der Waals surface area contributed by atoms with Gasteiger partial charge in [0, 0.05) is 10.2 Å². The van der Waals surface area contributed by atoms with E-state index < -0.39 is 0 Å². The summed E-state index contributed by atoms with van der Waals surface area (Å²) in [5.74, 6) is 0. The van der Waals surface area contributed by atoms with Crippen LogP contribution in [0.25, 0.3) is 0 Å². The molecule has 0 rings (SSSR count). The summed E-state index contributed by atoms with van der Waals surface area (Å²) in [5.41, 5.74) is -0.299. The molecule has 7 heavy (non-hydrogen) atoms. The number of aliphatic hydroxyl groups excluding tert-OH is 2. The summed E-state index contributed by atoms with van der Waals surface area (Å²) in [4.78, 5) is 0. The Bertz CT molecular complexity index is 60.7. The first kappa shape index (κ1) is 6.88. The van der Waals surface area contributed by atoms with Crippen LogP contribution >= 0.6 is 0 Å². The Morgan fingerprint density at radius 2 is 2.29 bits per heavy atom. The zero-order valence-electron chi connectivity index (χ0n) is 4.33. The Kier molecular flexibility index (Phi) is 3.98. The van der Waals surface area contributed by atoms with Gasteiger partial charge in [0.05, 0.1) is 12.3 Å².